The maximum Gasteiger partial charge on any atom is 0.254 e. The highest BCUT2D eigenvalue weighted by Gasteiger charge is 2.25. The van der Waals surface area contributed by atoms with Crippen LogP contribution < -0.4 is 9.64 Å². The molecule has 3 aromatic rings. The van der Waals surface area contributed by atoms with Crippen LogP contribution >= 0.6 is 0 Å². The summed E-state index contributed by atoms with van der Waals surface area (Å²) in [5, 5.41) is 0. The van der Waals surface area contributed by atoms with Crippen molar-refractivity contribution in [2.75, 3.05) is 57.3 Å². The molecule has 0 saturated carbocycles. The lowest BCUT2D eigenvalue weighted by atomic mass is 10.1. The molecule has 1 saturated heterocycles. The lowest BCUT2D eigenvalue weighted by molar-refractivity contribution is -0.118. The summed E-state index contributed by atoms with van der Waals surface area (Å²) in [6, 6.07) is 26.2. The van der Waals surface area contributed by atoms with E-state index < -0.39 is 0 Å². The summed E-state index contributed by atoms with van der Waals surface area (Å²) >= 11 is 0. The maximum atomic E-state index is 14.1. The number of fused-ring (bicyclic) bond motifs is 1. The van der Waals surface area contributed by atoms with Crippen molar-refractivity contribution in [2.45, 2.75) is 65.0 Å². The summed E-state index contributed by atoms with van der Waals surface area (Å²) in [4.78, 5) is 36.7. The Morgan fingerprint density at radius 1 is 0.778 bits per heavy atom. The summed E-state index contributed by atoms with van der Waals surface area (Å²) in [7, 11) is 0. The van der Waals surface area contributed by atoms with Crippen LogP contribution in [0.5, 0.6) is 5.75 Å². The number of anilines is 1. The van der Waals surface area contributed by atoms with Gasteiger partial charge in [-0.3, -0.25) is 19.4 Å². The van der Waals surface area contributed by atoms with Gasteiger partial charge in [-0.05, 0) is 88.0 Å². The van der Waals surface area contributed by atoms with Crippen LogP contribution in [0.3, 0.4) is 0 Å². The molecule has 5 rings (SSSR count). The minimum absolute atomic E-state index is 0.0174. The molecule has 0 N–H and O–H groups in total. The smallest absolute Gasteiger partial charge is 0.254 e. The van der Waals surface area contributed by atoms with E-state index in [1.807, 2.05) is 70.5 Å². The lowest BCUT2D eigenvalue weighted by Crippen LogP contribution is -2.41. The van der Waals surface area contributed by atoms with Crippen LogP contribution in [0.25, 0.3) is 0 Å². The van der Waals surface area contributed by atoms with Crippen molar-refractivity contribution in [2.24, 2.45) is 0 Å². The first-order valence-electron chi connectivity index (χ1n) is 16.9. The largest absolute Gasteiger partial charge is 0.492 e. The number of rotatable bonds is 9. The molecule has 2 aliphatic heterocycles. The fourth-order valence-electron chi connectivity index (χ4n) is 6.46. The molecule has 3 aromatic carbocycles. The highest BCUT2D eigenvalue weighted by atomic mass is 16.5. The molecular weight excluding hydrogens is 560 g/mol. The second-order valence-electron chi connectivity index (χ2n) is 12.6. The molecule has 7 nitrogen and oxygen atoms in total. The summed E-state index contributed by atoms with van der Waals surface area (Å²) in [5.74, 6) is 0.834. The Labute approximate surface area is 269 Å². The number of para-hydroxylation sites is 1. The minimum atomic E-state index is -0.0174. The van der Waals surface area contributed by atoms with Crippen molar-refractivity contribution >= 4 is 17.5 Å². The van der Waals surface area contributed by atoms with Crippen LogP contribution in [0.15, 0.2) is 78.9 Å². The van der Waals surface area contributed by atoms with Crippen molar-refractivity contribution in [1.82, 2.24) is 14.7 Å². The van der Waals surface area contributed by atoms with Crippen molar-refractivity contribution in [3.05, 3.63) is 95.6 Å². The van der Waals surface area contributed by atoms with Crippen molar-refractivity contribution in [1.29, 1.82) is 0 Å². The molecule has 2 amide bonds. The van der Waals surface area contributed by atoms with E-state index in [2.05, 4.69) is 41.8 Å². The first-order chi connectivity index (χ1) is 22.0. The normalized spacial score (nSPS) is 17.0. The number of benzene rings is 3. The quantitative estimate of drug-likeness (QED) is 0.286. The van der Waals surface area contributed by atoms with Gasteiger partial charge in [0.2, 0.25) is 5.91 Å². The number of hydrogen-bond acceptors (Lipinski definition) is 5. The third kappa shape index (κ3) is 9.41. The number of carbonyl (C=O) groups is 2. The van der Waals surface area contributed by atoms with Gasteiger partial charge in [0.05, 0.1) is 0 Å². The zero-order valence-electron chi connectivity index (χ0n) is 27.2. The molecule has 2 aliphatic rings. The van der Waals surface area contributed by atoms with E-state index in [1.165, 1.54) is 19.3 Å². The van der Waals surface area contributed by atoms with Gasteiger partial charge in [-0.1, -0.05) is 61.0 Å². The number of nitrogens with zero attached hydrogens (tertiary/aromatic N) is 4. The Balaban J connectivity index is 1.34. The average Bonchev–Trinajstić information content (AvgIpc) is 3.11. The maximum absolute atomic E-state index is 14.1. The van der Waals surface area contributed by atoms with Crippen LogP contribution in [0.1, 0.15) is 67.4 Å². The number of carbonyl (C=O) groups excluding carboxylic acids is 2. The van der Waals surface area contributed by atoms with Gasteiger partial charge in [0.15, 0.2) is 0 Å². The Hall–Kier alpha value is -3.68. The van der Waals surface area contributed by atoms with E-state index in [4.69, 9.17) is 4.74 Å². The molecule has 0 spiro atoms. The van der Waals surface area contributed by atoms with E-state index in [0.717, 1.165) is 61.7 Å². The van der Waals surface area contributed by atoms with Crippen molar-refractivity contribution in [3.63, 3.8) is 0 Å². The average molecular weight is 611 g/mol. The summed E-state index contributed by atoms with van der Waals surface area (Å²) in [6.45, 7) is 11.5. The molecule has 2 heterocycles. The zero-order valence-corrected chi connectivity index (χ0v) is 27.2. The third-order valence-corrected chi connectivity index (χ3v) is 9.12. The van der Waals surface area contributed by atoms with E-state index in [1.54, 1.807) is 0 Å². The Bertz CT molecular complexity index is 1370. The highest BCUT2D eigenvalue weighted by molar-refractivity contribution is 5.96. The van der Waals surface area contributed by atoms with Crippen LogP contribution in [-0.4, -0.2) is 85.0 Å². The number of likely N-dealkylation sites (tertiary alicyclic amines) is 1. The molecule has 0 atom stereocenters. The Morgan fingerprint density at radius 2 is 1.56 bits per heavy atom. The predicted octanol–water partition coefficient (Wildman–Crippen LogP) is 6.27. The number of ether oxygens (including phenoxy) is 1. The Morgan fingerprint density at radius 3 is 2.36 bits per heavy atom. The monoisotopic (exact) mass is 610 g/mol. The molecule has 7 heteroatoms. The van der Waals surface area contributed by atoms with Gasteiger partial charge in [0.1, 0.15) is 12.4 Å². The van der Waals surface area contributed by atoms with Crippen LogP contribution in [0.2, 0.25) is 0 Å². The summed E-state index contributed by atoms with van der Waals surface area (Å²) in [5.41, 5.74) is 3.69. The SMILES string of the molecule is CC(C)N1CCCN(C(=O)CCc2ccccc2)c2ccccc2CN(C(=O)c2cccc(OCCN3CCCCC3)c2)CC1. The standard InChI is InChI=1S/C38H50N4O3/c1-31(2)40-23-12-24-42(37(43)20-19-32-13-5-3-6-14-32)36-18-8-7-15-34(36)30-41(26-25-40)38(44)33-16-11-17-35(29-33)45-28-27-39-21-9-4-10-22-39/h3,5-8,11,13-18,29,31H,4,9-10,12,19-28,30H2,1-2H3. The second-order valence-corrected chi connectivity index (χ2v) is 12.6. The summed E-state index contributed by atoms with van der Waals surface area (Å²) in [6.07, 6.45) is 5.86. The predicted molar refractivity (Wildman–Crippen MR) is 182 cm³/mol. The van der Waals surface area contributed by atoms with Gasteiger partial charge in [0.25, 0.3) is 5.91 Å². The topological polar surface area (TPSA) is 56.3 Å². The van der Waals surface area contributed by atoms with Crippen LogP contribution in [0, 0.1) is 0 Å². The highest BCUT2D eigenvalue weighted by Crippen LogP contribution is 2.26. The van der Waals surface area contributed by atoms with Gasteiger partial charge in [0, 0.05) is 63.0 Å². The zero-order chi connectivity index (χ0) is 31.4. The molecule has 45 heavy (non-hydrogen) atoms. The minimum Gasteiger partial charge on any atom is -0.492 e. The Kier molecular flexibility index (Phi) is 12.0. The van der Waals surface area contributed by atoms with Crippen LogP contribution in [0.4, 0.5) is 5.69 Å². The molecule has 0 aromatic heterocycles. The fourth-order valence-corrected chi connectivity index (χ4v) is 6.46. The number of hydrogen-bond donors (Lipinski definition) is 0. The van der Waals surface area contributed by atoms with Gasteiger partial charge in [-0.2, -0.15) is 0 Å². The van der Waals surface area contributed by atoms with Crippen molar-refractivity contribution < 1.29 is 14.3 Å². The van der Waals surface area contributed by atoms with Gasteiger partial charge < -0.3 is 14.5 Å². The number of amides is 2. The lowest BCUT2D eigenvalue weighted by Gasteiger charge is -2.30. The molecular formula is C38H50N4O3. The molecule has 0 radical (unpaired) electrons. The molecule has 0 bridgehead atoms. The van der Waals surface area contributed by atoms with E-state index >= 15 is 0 Å². The second kappa shape index (κ2) is 16.6. The number of piperidine rings is 1. The first-order valence-corrected chi connectivity index (χ1v) is 16.9. The fraction of sp³-hybridized carbons (Fsp3) is 0.474. The van der Waals surface area contributed by atoms with Gasteiger partial charge in [-0.25, -0.2) is 0 Å². The summed E-state index contributed by atoms with van der Waals surface area (Å²) < 4.78 is 6.12. The van der Waals surface area contributed by atoms with Gasteiger partial charge >= 0.3 is 0 Å². The molecule has 0 aliphatic carbocycles. The van der Waals surface area contributed by atoms with E-state index in [9.17, 15) is 9.59 Å². The van der Waals surface area contributed by atoms with Crippen molar-refractivity contribution in [3.8, 4) is 5.75 Å². The molecule has 1 fully saturated rings. The van der Waals surface area contributed by atoms with E-state index in [-0.39, 0.29) is 11.8 Å². The van der Waals surface area contributed by atoms with Gasteiger partial charge in [-0.15, -0.1) is 0 Å². The molecule has 0 unspecified atom stereocenters. The van der Waals surface area contributed by atoms with Crippen LogP contribution in [-0.2, 0) is 17.8 Å². The third-order valence-electron chi connectivity index (χ3n) is 9.12. The molecule has 240 valence electrons. The first kappa shape index (κ1) is 32.7. The number of aryl methyl sites for hydroxylation is 1. The van der Waals surface area contributed by atoms with E-state index in [0.29, 0.717) is 50.7 Å².